The van der Waals surface area contributed by atoms with Crippen molar-refractivity contribution in [3.63, 3.8) is 0 Å². The summed E-state index contributed by atoms with van der Waals surface area (Å²) >= 11 is 0. The summed E-state index contributed by atoms with van der Waals surface area (Å²) in [5.41, 5.74) is 4.05. The summed E-state index contributed by atoms with van der Waals surface area (Å²) < 4.78 is 10.6. The molecule has 19 heavy (non-hydrogen) atoms. The monoisotopic (exact) mass is 254 g/mol. The Hall–Kier alpha value is -1.80. The summed E-state index contributed by atoms with van der Waals surface area (Å²) in [6.45, 7) is 2.49. The van der Waals surface area contributed by atoms with Gasteiger partial charge in [-0.05, 0) is 35.6 Å². The van der Waals surface area contributed by atoms with Crippen LogP contribution in [-0.2, 0) is 24.4 Å². The van der Waals surface area contributed by atoms with E-state index in [1.165, 1.54) is 23.1 Å². The molecule has 98 valence electrons. The van der Waals surface area contributed by atoms with Gasteiger partial charge in [0.1, 0.15) is 5.75 Å². The van der Waals surface area contributed by atoms with E-state index < -0.39 is 0 Å². The molecule has 2 heterocycles. The quantitative estimate of drug-likeness (QED) is 0.713. The first kappa shape index (κ1) is 12.2. The lowest BCUT2D eigenvalue weighted by Crippen LogP contribution is -2.07. The Morgan fingerprint density at radius 3 is 2.05 bits per heavy atom. The first-order valence-corrected chi connectivity index (χ1v) is 6.79. The molecule has 0 atom stereocenters. The van der Waals surface area contributed by atoms with Crippen LogP contribution in [0.2, 0.25) is 0 Å². The number of fused-ring (bicyclic) bond motifs is 2. The van der Waals surface area contributed by atoms with Crippen molar-refractivity contribution in [2.24, 2.45) is 0 Å². The molecule has 2 aliphatic heterocycles. The summed E-state index contributed by atoms with van der Waals surface area (Å²) in [6, 6.07) is 16.6. The molecule has 0 aliphatic carbocycles. The summed E-state index contributed by atoms with van der Waals surface area (Å²) in [7, 11) is 0. The van der Waals surface area contributed by atoms with Gasteiger partial charge in [0.2, 0.25) is 0 Å². The zero-order valence-corrected chi connectivity index (χ0v) is 11.0. The second-order valence-corrected chi connectivity index (χ2v) is 4.82. The maximum Gasteiger partial charge on any atom is 0.122 e. The fourth-order valence-electron chi connectivity index (χ4n) is 2.41. The lowest BCUT2D eigenvalue weighted by atomic mass is 10.1. The third-order valence-corrected chi connectivity index (χ3v) is 3.45. The van der Waals surface area contributed by atoms with Gasteiger partial charge in [0.25, 0.3) is 0 Å². The van der Waals surface area contributed by atoms with Crippen LogP contribution < -0.4 is 4.74 Å². The topological polar surface area (TPSA) is 18.5 Å². The molecule has 0 amide bonds. The Morgan fingerprint density at radius 1 is 0.737 bits per heavy atom. The number of aryl methyl sites for hydroxylation is 1. The van der Waals surface area contributed by atoms with Crippen molar-refractivity contribution in [1.29, 1.82) is 0 Å². The van der Waals surface area contributed by atoms with E-state index in [9.17, 15) is 0 Å². The van der Waals surface area contributed by atoms with Crippen molar-refractivity contribution in [3.05, 3.63) is 65.2 Å². The van der Waals surface area contributed by atoms with Crippen molar-refractivity contribution in [3.8, 4) is 5.75 Å². The van der Waals surface area contributed by atoms with E-state index in [1.807, 2.05) is 24.3 Å². The van der Waals surface area contributed by atoms with Crippen molar-refractivity contribution in [2.45, 2.75) is 26.1 Å². The Balaban J connectivity index is 0.000000117. The summed E-state index contributed by atoms with van der Waals surface area (Å²) in [5, 5.41) is 0. The highest BCUT2D eigenvalue weighted by molar-refractivity contribution is 5.34. The number of benzene rings is 2. The van der Waals surface area contributed by atoms with E-state index in [-0.39, 0.29) is 0 Å². The lowest BCUT2D eigenvalue weighted by Gasteiger charge is -2.15. The van der Waals surface area contributed by atoms with Gasteiger partial charge in [0.15, 0.2) is 0 Å². The van der Waals surface area contributed by atoms with Crippen LogP contribution >= 0.6 is 0 Å². The molecular weight excluding hydrogens is 236 g/mol. The number of rotatable bonds is 0. The van der Waals surface area contributed by atoms with E-state index in [1.54, 1.807) is 0 Å². The Morgan fingerprint density at radius 2 is 1.37 bits per heavy atom. The minimum atomic E-state index is 0.802. The Kier molecular flexibility index (Phi) is 3.80. The van der Waals surface area contributed by atoms with Crippen molar-refractivity contribution in [1.82, 2.24) is 0 Å². The molecule has 0 saturated carbocycles. The molecule has 0 saturated heterocycles. The van der Waals surface area contributed by atoms with Gasteiger partial charge in [-0.3, -0.25) is 0 Å². The van der Waals surface area contributed by atoms with Crippen LogP contribution in [0, 0.1) is 0 Å². The maximum absolute atomic E-state index is 5.42. The second-order valence-electron chi connectivity index (χ2n) is 4.82. The van der Waals surface area contributed by atoms with Crippen LogP contribution in [0.3, 0.4) is 0 Å². The van der Waals surface area contributed by atoms with Crippen LogP contribution in [0.1, 0.15) is 23.1 Å². The molecule has 4 rings (SSSR count). The van der Waals surface area contributed by atoms with Crippen LogP contribution in [0.4, 0.5) is 0 Å². The van der Waals surface area contributed by atoms with Gasteiger partial charge >= 0.3 is 0 Å². The van der Waals surface area contributed by atoms with Gasteiger partial charge in [-0.25, -0.2) is 0 Å². The molecule has 0 bridgehead atoms. The smallest absolute Gasteiger partial charge is 0.122 e. The predicted octanol–water partition coefficient (Wildman–Crippen LogP) is 3.73. The van der Waals surface area contributed by atoms with E-state index in [0.29, 0.717) is 0 Å². The first-order chi connectivity index (χ1) is 9.43. The van der Waals surface area contributed by atoms with Gasteiger partial charge in [-0.1, -0.05) is 42.5 Å². The zero-order chi connectivity index (χ0) is 12.9. The number of para-hydroxylation sites is 1. The summed E-state index contributed by atoms with van der Waals surface area (Å²) in [4.78, 5) is 0. The van der Waals surface area contributed by atoms with Crippen LogP contribution in [0.25, 0.3) is 0 Å². The van der Waals surface area contributed by atoms with E-state index in [2.05, 4.69) is 24.3 Å². The second kappa shape index (κ2) is 5.89. The van der Waals surface area contributed by atoms with E-state index in [0.717, 1.165) is 32.0 Å². The Labute approximate surface area is 114 Å². The lowest BCUT2D eigenvalue weighted by molar-refractivity contribution is 0.134. The van der Waals surface area contributed by atoms with Gasteiger partial charge < -0.3 is 9.47 Å². The number of hydrogen-bond donors (Lipinski definition) is 0. The minimum absolute atomic E-state index is 0.802. The molecule has 0 radical (unpaired) electrons. The average molecular weight is 254 g/mol. The van der Waals surface area contributed by atoms with E-state index >= 15 is 0 Å². The van der Waals surface area contributed by atoms with Gasteiger partial charge in [0.05, 0.1) is 19.8 Å². The van der Waals surface area contributed by atoms with Crippen LogP contribution in [0.15, 0.2) is 48.5 Å². The third kappa shape index (κ3) is 2.96. The minimum Gasteiger partial charge on any atom is -0.493 e. The van der Waals surface area contributed by atoms with Gasteiger partial charge in [-0.2, -0.15) is 0 Å². The predicted molar refractivity (Wildman–Crippen MR) is 75.2 cm³/mol. The van der Waals surface area contributed by atoms with Crippen molar-refractivity contribution < 1.29 is 9.47 Å². The highest BCUT2D eigenvalue weighted by Crippen LogP contribution is 2.23. The molecule has 2 aromatic rings. The zero-order valence-electron chi connectivity index (χ0n) is 11.0. The standard InChI is InChI=1S/C9H10O.C8H8O/c1-2-6-9-8(4-1)5-3-7-10-9;1-2-4-8-6-9-5-7(8)3-1/h1-2,4,6H,3,5,7H2;1-4H,5-6H2. The fourth-order valence-corrected chi connectivity index (χ4v) is 2.41. The van der Waals surface area contributed by atoms with Gasteiger partial charge in [0, 0.05) is 0 Å². The summed E-state index contributed by atoms with van der Waals surface area (Å²) in [6.07, 6.45) is 2.34. The molecule has 0 spiro atoms. The SMILES string of the molecule is c1ccc2c(c1)CCCO2.c1ccc2c(c1)COC2. The average Bonchev–Trinajstić information content (AvgIpc) is 2.96. The molecule has 0 unspecified atom stereocenters. The largest absolute Gasteiger partial charge is 0.493 e. The van der Waals surface area contributed by atoms with E-state index in [4.69, 9.17) is 9.47 Å². The number of hydrogen-bond acceptors (Lipinski definition) is 2. The van der Waals surface area contributed by atoms with Gasteiger partial charge in [-0.15, -0.1) is 0 Å². The molecular formula is C17H18O2. The molecule has 2 nitrogen and oxygen atoms in total. The Bertz CT molecular complexity index is 500. The molecule has 0 N–H and O–H groups in total. The first-order valence-electron chi connectivity index (χ1n) is 6.79. The fraction of sp³-hybridized carbons (Fsp3) is 0.294. The molecule has 0 fully saturated rings. The van der Waals surface area contributed by atoms with Crippen molar-refractivity contribution >= 4 is 0 Å². The summed E-state index contributed by atoms with van der Waals surface area (Å²) in [5.74, 6) is 1.08. The number of ether oxygens (including phenoxy) is 2. The highest BCUT2D eigenvalue weighted by Gasteiger charge is 2.08. The highest BCUT2D eigenvalue weighted by atomic mass is 16.5. The normalized spacial score (nSPS) is 15.6. The molecule has 2 aromatic carbocycles. The van der Waals surface area contributed by atoms with Crippen LogP contribution in [-0.4, -0.2) is 6.61 Å². The molecule has 2 heteroatoms. The molecule has 2 aliphatic rings. The van der Waals surface area contributed by atoms with Crippen molar-refractivity contribution in [2.75, 3.05) is 6.61 Å². The third-order valence-electron chi connectivity index (χ3n) is 3.45. The maximum atomic E-state index is 5.42. The molecule has 0 aromatic heterocycles. The van der Waals surface area contributed by atoms with Crippen LogP contribution in [0.5, 0.6) is 5.75 Å².